The van der Waals surface area contributed by atoms with Gasteiger partial charge in [-0.05, 0) is 50.0 Å². The number of benzene rings is 1. The topological polar surface area (TPSA) is 183 Å². The average molecular weight is 494 g/mol. The summed E-state index contributed by atoms with van der Waals surface area (Å²) in [4.78, 5) is 59.2. The number of hydrogen-bond donors (Lipinski definition) is 5. The van der Waals surface area contributed by atoms with Crippen LogP contribution >= 0.6 is 0 Å². The third-order valence-corrected chi connectivity index (χ3v) is 5.54. The van der Waals surface area contributed by atoms with Gasteiger partial charge in [-0.2, -0.15) is 0 Å². The molecule has 5 N–H and O–H groups in total. The molecule has 12 heteroatoms. The van der Waals surface area contributed by atoms with E-state index in [1.165, 1.54) is 18.6 Å². The number of ether oxygens (including phenoxy) is 1. The number of nitrogens with zero attached hydrogens (tertiary/aromatic N) is 1. The van der Waals surface area contributed by atoms with Crippen molar-refractivity contribution < 1.29 is 44.0 Å². The van der Waals surface area contributed by atoms with Gasteiger partial charge >= 0.3 is 17.9 Å². The Bertz CT molecular complexity index is 884. The summed E-state index contributed by atoms with van der Waals surface area (Å²) in [6.07, 6.45) is 1.35. The first-order valence-electron chi connectivity index (χ1n) is 11.4. The molecule has 1 saturated heterocycles. The van der Waals surface area contributed by atoms with Crippen molar-refractivity contribution in [2.75, 3.05) is 32.7 Å². The number of carboxylic acid groups (broad SMARTS) is 3. The Morgan fingerprint density at radius 3 is 2.11 bits per heavy atom. The maximum absolute atomic E-state index is 12.8. The van der Waals surface area contributed by atoms with E-state index >= 15 is 0 Å². The van der Waals surface area contributed by atoms with Crippen LogP contribution in [0.1, 0.15) is 31.2 Å². The van der Waals surface area contributed by atoms with Crippen molar-refractivity contribution in [3.05, 3.63) is 29.8 Å². The molecule has 1 atom stereocenters. The van der Waals surface area contributed by atoms with Crippen LogP contribution in [0.25, 0.3) is 0 Å². The highest BCUT2D eigenvalue weighted by molar-refractivity contribution is 6.32. The van der Waals surface area contributed by atoms with E-state index in [2.05, 4.69) is 15.5 Å². The van der Waals surface area contributed by atoms with Crippen LogP contribution in [0, 0.1) is 0 Å². The van der Waals surface area contributed by atoms with E-state index in [1.54, 1.807) is 12.1 Å². The minimum absolute atomic E-state index is 0.00452. The molecule has 0 spiro atoms. The van der Waals surface area contributed by atoms with Crippen LogP contribution in [0.5, 0.6) is 5.75 Å². The number of carbonyl (C=O) groups is 5. The Hall–Kier alpha value is -3.51. The first kappa shape index (κ1) is 27.7. The van der Waals surface area contributed by atoms with Gasteiger partial charge in [0.15, 0.2) is 0 Å². The summed E-state index contributed by atoms with van der Waals surface area (Å²) >= 11 is 0. The van der Waals surface area contributed by atoms with Crippen LogP contribution in [0.4, 0.5) is 0 Å². The number of carboxylic acids is 3. The van der Waals surface area contributed by atoms with Crippen molar-refractivity contribution in [1.29, 1.82) is 0 Å². The SMILES string of the molecule is O=C(O)C(=O)CCNC(Cc1ccc(OC(C(=O)O)C(=O)O)cc1)C(=O)NCCN1CCCCC1. The zero-order chi connectivity index (χ0) is 25.8. The second kappa shape index (κ2) is 14.0. The van der Waals surface area contributed by atoms with Gasteiger partial charge in [0.2, 0.25) is 11.7 Å². The molecule has 1 aliphatic rings. The highest BCUT2D eigenvalue weighted by Gasteiger charge is 2.28. The van der Waals surface area contributed by atoms with Crippen LogP contribution in [0.3, 0.4) is 0 Å². The summed E-state index contributed by atoms with van der Waals surface area (Å²) in [7, 11) is 0. The van der Waals surface area contributed by atoms with Gasteiger partial charge in [-0.3, -0.25) is 9.59 Å². The van der Waals surface area contributed by atoms with Gasteiger partial charge in [-0.1, -0.05) is 18.6 Å². The van der Waals surface area contributed by atoms with Crippen molar-refractivity contribution in [3.63, 3.8) is 0 Å². The zero-order valence-corrected chi connectivity index (χ0v) is 19.3. The minimum Gasteiger partial charge on any atom is -0.478 e. The Balaban J connectivity index is 1.98. The maximum atomic E-state index is 12.8. The van der Waals surface area contributed by atoms with E-state index in [4.69, 9.17) is 20.1 Å². The van der Waals surface area contributed by atoms with Gasteiger partial charge in [0, 0.05) is 26.1 Å². The quantitative estimate of drug-likeness (QED) is 0.160. The van der Waals surface area contributed by atoms with E-state index in [0.717, 1.165) is 32.5 Å². The third-order valence-electron chi connectivity index (χ3n) is 5.54. The number of ketones is 1. The molecule has 1 aliphatic heterocycles. The second-order valence-corrected chi connectivity index (χ2v) is 8.20. The second-order valence-electron chi connectivity index (χ2n) is 8.20. The summed E-state index contributed by atoms with van der Waals surface area (Å²) < 4.78 is 4.98. The van der Waals surface area contributed by atoms with Crippen molar-refractivity contribution in [2.45, 2.75) is 44.2 Å². The molecule has 0 aliphatic carbocycles. The average Bonchev–Trinajstić information content (AvgIpc) is 2.82. The smallest absolute Gasteiger partial charge is 0.372 e. The summed E-state index contributed by atoms with van der Waals surface area (Å²) in [6.45, 7) is 3.15. The number of likely N-dealkylation sites (tertiary alicyclic amines) is 1. The molecule has 1 heterocycles. The number of aliphatic carboxylic acids is 3. The van der Waals surface area contributed by atoms with Crippen molar-refractivity contribution >= 4 is 29.6 Å². The highest BCUT2D eigenvalue weighted by Crippen LogP contribution is 2.16. The van der Waals surface area contributed by atoms with Crippen LogP contribution in [-0.2, 0) is 30.4 Å². The minimum atomic E-state index is -2.05. The molecule has 1 aromatic carbocycles. The first-order chi connectivity index (χ1) is 16.7. The molecule has 1 amide bonds. The Labute approximate surface area is 202 Å². The van der Waals surface area contributed by atoms with Crippen molar-refractivity contribution in [2.24, 2.45) is 0 Å². The monoisotopic (exact) mass is 493 g/mol. The fourth-order valence-electron chi connectivity index (χ4n) is 3.65. The molecule has 1 unspecified atom stereocenters. The Morgan fingerprint density at radius 2 is 1.54 bits per heavy atom. The molecule has 0 radical (unpaired) electrons. The number of carbonyl (C=O) groups excluding carboxylic acids is 2. The summed E-state index contributed by atoms with van der Waals surface area (Å²) in [6, 6.07) is 5.17. The standard InChI is InChI=1S/C23H31N3O9/c27-18(21(29)30)8-9-24-17(20(28)25-10-13-26-11-2-1-3-12-26)14-15-4-6-16(7-5-15)35-19(22(31)32)23(33)34/h4-7,17,19,24H,1-3,8-14H2,(H,25,28)(H,29,30)(H,31,32)(H,33,34). The molecule has 1 fully saturated rings. The normalized spacial score (nSPS) is 14.8. The lowest BCUT2D eigenvalue weighted by atomic mass is 10.0. The third kappa shape index (κ3) is 9.71. The molecule has 0 aromatic heterocycles. The van der Waals surface area contributed by atoms with E-state index in [9.17, 15) is 24.0 Å². The van der Waals surface area contributed by atoms with Crippen LogP contribution in [0.15, 0.2) is 24.3 Å². The van der Waals surface area contributed by atoms with Gasteiger partial charge in [0.05, 0.1) is 6.04 Å². The molecule has 192 valence electrons. The fourth-order valence-corrected chi connectivity index (χ4v) is 3.65. The van der Waals surface area contributed by atoms with Gasteiger partial charge < -0.3 is 35.6 Å². The summed E-state index contributed by atoms with van der Waals surface area (Å²) in [5.41, 5.74) is 0.660. The van der Waals surface area contributed by atoms with E-state index < -0.39 is 35.8 Å². The lowest BCUT2D eigenvalue weighted by Gasteiger charge is -2.27. The molecule has 0 saturated carbocycles. The van der Waals surface area contributed by atoms with Crippen LogP contribution in [-0.4, -0.2) is 94.7 Å². The number of rotatable bonds is 15. The summed E-state index contributed by atoms with van der Waals surface area (Å²) in [5.74, 6) is -6.04. The molecule has 2 rings (SSSR count). The maximum Gasteiger partial charge on any atom is 0.372 e. The Kier molecular flexibility index (Phi) is 11.1. The fraction of sp³-hybridized carbons (Fsp3) is 0.522. The first-order valence-corrected chi connectivity index (χ1v) is 11.4. The summed E-state index contributed by atoms with van der Waals surface area (Å²) in [5, 5.41) is 32.4. The predicted molar refractivity (Wildman–Crippen MR) is 122 cm³/mol. The molecular weight excluding hydrogens is 462 g/mol. The number of amides is 1. The Morgan fingerprint density at radius 1 is 0.914 bits per heavy atom. The molecule has 1 aromatic rings. The molecule has 0 bridgehead atoms. The number of piperidine rings is 1. The van der Waals surface area contributed by atoms with Crippen LogP contribution in [0.2, 0.25) is 0 Å². The zero-order valence-electron chi connectivity index (χ0n) is 19.3. The van der Waals surface area contributed by atoms with E-state index in [0.29, 0.717) is 12.1 Å². The number of nitrogens with one attached hydrogen (secondary N) is 2. The van der Waals surface area contributed by atoms with Gasteiger partial charge in [0.1, 0.15) is 5.75 Å². The van der Waals surface area contributed by atoms with Gasteiger partial charge in [-0.25, -0.2) is 14.4 Å². The molecule has 35 heavy (non-hydrogen) atoms. The predicted octanol–water partition coefficient (Wildman–Crippen LogP) is -0.250. The molecule has 12 nitrogen and oxygen atoms in total. The van der Waals surface area contributed by atoms with E-state index in [1.807, 2.05) is 0 Å². The van der Waals surface area contributed by atoms with Crippen molar-refractivity contribution in [3.8, 4) is 5.75 Å². The lowest BCUT2D eigenvalue weighted by Crippen LogP contribution is -2.48. The number of hydrogen-bond acceptors (Lipinski definition) is 8. The van der Waals surface area contributed by atoms with E-state index in [-0.39, 0.29) is 31.0 Å². The van der Waals surface area contributed by atoms with Crippen LogP contribution < -0.4 is 15.4 Å². The van der Waals surface area contributed by atoms with Crippen molar-refractivity contribution in [1.82, 2.24) is 15.5 Å². The molecular formula is C23H31N3O9. The van der Waals surface area contributed by atoms with Gasteiger partial charge in [-0.15, -0.1) is 0 Å². The highest BCUT2D eigenvalue weighted by atomic mass is 16.5. The van der Waals surface area contributed by atoms with Gasteiger partial charge in [0.25, 0.3) is 6.10 Å². The largest absolute Gasteiger partial charge is 0.478 e. The number of Topliss-reactive ketones (excluding diaryl/α,β-unsaturated/α-hetero) is 1. The lowest BCUT2D eigenvalue weighted by molar-refractivity contribution is -0.159.